The first kappa shape index (κ1) is 21.6. The number of amides is 2. The maximum absolute atomic E-state index is 12.3. The predicted molar refractivity (Wildman–Crippen MR) is 99.6 cm³/mol. The molecule has 0 atom stereocenters. The van der Waals surface area contributed by atoms with Crippen LogP contribution < -0.4 is 10.6 Å². The maximum Gasteiger partial charge on any atom is 0.446 e. The number of nitrogens with one attached hydrogen (secondary N) is 2. The highest BCUT2D eigenvalue weighted by atomic mass is 32.2. The number of ether oxygens (including phenoxy) is 2. The second-order valence-electron chi connectivity index (χ2n) is 5.36. The molecule has 2 N–H and O–H groups in total. The number of hydrogen-bond donors (Lipinski definition) is 2. The van der Waals surface area contributed by atoms with Gasteiger partial charge in [0.2, 0.25) is 0 Å². The first-order valence-electron chi connectivity index (χ1n) is 7.97. The summed E-state index contributed by atoms with van der Waals surface area (Å²) in [4.78, 5) is 23.9. The van der Waals surface area contributed by atoms with Gasteiger partial charge in [0.05, 0.1) is 6.61 Å². The van der Waals surface area contributed by atoms with Crippen LogP contribution in [0, 0.1) is 0 Å². The molecule has 0 saturated carbocycles. The molecule has 0 heterocycles. The topological polar surface area (TPSA) is 76.7 Å². The lowest BCUT2D eigenvalue weighted by Crippen LogP contribution is -2.17. The molecule has 2 rings (SSSR count). The number of thioether (sulfide) groups is 1. The van der Waals surface area contributed by atoms with Gasteiger partial charge in [-0.05, 0) is 54.2 Å². The minimum absolute atomic E-state index is 0.0118. The molecule has 10 heteroatoms. The molecule has 0 unspecified atom stereocenters. The van der Waals surface area contributed by atoms with Crippen molar-refractivity contribution in [2.45, 2.75) is 10.4 Å². The predicted octanol–water partition coefficient (Wildman–Crippen LogP) is 4.75. The Morgan fingerprint density at radius 2 is 1.64 bits per heavy atom. The number of carbonyl (C=O) groups is 2. The molecule has 0 spiro atoms. The molecule has 0 saturated heterocycles. The van der Waals surface area contributed by atoms with Crippen molar-refractivity contribution in [3.63, 3.8) is 0 Å². The average molecular weight is 414 g/mol. The second kappa shape index (κ2) is 10.00. The van der Waals surface area contributed by atoms with E-state index >= 15 is 0 Å². The van der Waals surface area contributed by atoms with Crippen molar-refractivity contribution in [2.24, 2.45) is 0 Å². The van der Waals surface area contributed by atoms with Crippen LogP contribution in [0.5, 0.6) is 0 Å². The highest BCUT2D eigenvalue weighted by Crippen LogP contribution is 2.36. The van der Waals surface area contributed by atoms with Gasteiger partial charge >= 0.3 is 11.6 Å². The van der Waals surface area contributed by atoms with E-state index in [0.29, 0.717) is 11.4 Å². The van der Waals surface area contributed by atoms with E-state index < -0.39 is 17.5 Å². The number of anilines is 2. The zero-order valence-corrected chi connectivity index (χ0v) is 15.5. The number of halogens is 3. The van der Waals surface area contributed by atoms with Gasteiger partial charge in [-0.3, -0.25) is 10.1 Å². The molecule has 2 aromatic carbocycles. The third-order valence-corrected chi connectivity index (χ3v) is 3.98. The van der Waals surface area contributed by atoms with Gasteiger partial charge in [0.15, 0.2) is 0 Å². The summed E-state index contributed by atoms with van der Waals surface area (Å²) < 4.78 is 46.7. The van der Waals surface area contributed by atoms with Crippen molar-refractivity contribution < 1.29 is 32.2 Å². The molecule has 2 amide bonds. The van der Waals surface area contributed by atoms with Crippen molar-refractivity contribution >= 4 is 35.1 Å². The molecule has 2 aromatic rings. The van der Waals surface area contributed by atoms with E-state index in [1.165, 1.54) is 37.4 Å². The first-order valence-corrected chi connectivity index (χ1v) is 8.78. The molecule has 0 fully saturated rings. The van der Waals surface area contributed by atoms with Crippen molar-refractivity contribution in [2.75, 3.05) is 31.0 Å². The lowest BCUT2D eigenvalue weighted by atomic mass is 10.2. The summed E-state index contributed by atoms with van der Waals surface area (Å²) in [5.74, 6) is -0.497. The molecule has 0 aliphatic heterocycles. The van der Waals surface area contributed by atoms with Gasteiger partial charge in [-0.15, -0.1) is 0 Å². The number of hydrogen-bond acceptors (Lipinski definition) is 5. The molecular formula is C18H17F3N2O4S. The Balaban J connectivity index is 1.95. The lowest BCUT2D eigenvalue weighted by molar-refractivity contribution is -0.0328. The quantitative estimate of drug-likeness (QED) is 0.505. The number of methoxy groups -OCH3 is 1. The van der Waals surface area contributed by atoms with E-state index in [1.807, 2.05) is 0 Å². The van der Waals surface area contributed by atoms with Crippen molar-refractivity contribution in [3.8, 4) is 0 Å². The van der Waals surface area contributed by atoms with Crippen LogP contribution in [0.4, 0.5) is 29.3 Å². The minimum Gasteiger partial charge on any atom is -0.447 e. The summed E-state index contributed by atoms with van der Waals surface area (Å²) in [6.07, 6.45) is -0.668. The summed E-state index contributed by atoms with van der Waals surface area (Å²) in [6.45, 7) is 0.366. The molecule has 150 valence electrons. The Labute approximate surface area is 163 Å². The van der Waals surface area contributed by atoms with E-state index in [-0.39, 0.29) is 35.4 Å². The van der Waals surface area contributed by atoms with E-state index in [0.717, 1.165) is 0 Å². The smallest absolute Gasteiger partial charge is 0.446 e. The molecule has 0 aliphatic carbocycles. The SMILES string of the molecule is COCCOC(=O)Nc1cccc(NC(=O)c2ccc(SC(F)(F)F)cc2)c1. The molecular weight excluding hydrogens is 397 g/mol. The molecule has 0 aliphatic rings. The van der Waals surface area contributed by atoms with Gasteiger partial charge in [-0.1, -0.05) is 6.07 Å². The largest absolute Gasteiger partial charge is 0.447 e. The number of carbonyl (C=O) groups excluding carboxylic acids is 2. The number of rotatable bonds is 7. The van der Waals surface area contributed by atoms with Crippen LogP contribution in [0.1, 0.15) is 10.4 Å². The van der Waals surface area contributed by atoms with Crippen LogP contribution in [0.3, 0.4) is 0 Å². The number of benzene rings is 2. The normalized spacial score (nSPS) is 11.0. The summed E-state index contributed by atoms with van der Waals surface area (Å²) in [5.41, 5.74) is -3.39. The molecule has 6 nitrogen and oxygen atoms in total. The Morgan fingerprint density at radius 1 is 1.00 bits per heavy atom. The first-order chi connectivity index (χ1) is 13.3. The van der Waals surface area contributed by atoms with Crippen molar-refractivity contribution in [1.29, 1.82) is 0 Å². The third-order valence-electron chi connectivity index (χ3n) is 3.24. The molecule has 0 aromatic heterocycles. The van der Waals surface area contributed by atoms with Gasteiger partial charge in [0, 0.05) is 28.9 Å². The van der Waals surface area contributed by atoms with Gasteiger partial charge in [-0.2, -0.15) is 13.2 Å². The standard InChI is InChI=1S/C18H17F3N2O4S/c1-26-9-10-27-17(25)23-14-4-2-3-13(11-14)22-16(24)12-5-7-15(8-6-12)28-18(19,20)21/h2-8,11H,9-10H2,1H3,(H,22,24)(H,23,25). The second-order valence-corrected chi connectivity index (χ2v) is 6.50. The fourth-order valence-electron chi connectivity index (χ4n) is 2.06. The summed E-state index contributed by atoms with van der Waals surface area (Å²) in [7, 11) is 1.48. The van der Waals surface area contributed by atoms with Gasteiger partial charge in [-0.25, -0.2) is 4.79 Å². The van der Waals surface area contributed by atoms with Crippen LogP contribution in [-0.2, 0) is 9.47 Å². The minimum atomic E-state index is -4.39. The van der Waals surface area contributed by atoms with Crippen LogP contribution in [-0.4, -0.2) is 37.8 Å². The summed E-state index contributed by atoms with van der Waals surface area (Å²) in [6, 6.07) is 11.4. The van der Waals surface area contributed by atoms with E-state index in [2.05, 4.69) is 10.6 Å². The summed E-state index contributed by atoms with van der Waals surface area (Å²) >= 11 is -0.252. The number of alkyl halides is 3. The van der Waals surface area contributed by atoms with Gasteiger partial charge < -0.3 is 14.8 Å². The Morgan fingerprint density at radius 3 is 2.25 bits per heavy atom. The van der Waals surface area contributed by atoms with Gasteiger partial charge in [0.1, 0.15) is 6.61 Å². The Kier molecular flexibility index (Phi) is 7.70. The average Bonchev–Trinajstić information content (AvgIpc) is 2.61. The monoisotopic (exact) mass is 414 g/mol. The summed E-state index contributed by atoms with van der Waals surface area (Å²) in [5, 5.41) is 5.12. The van der Waals surface area contributed by atoms with Crippen LogP contribution >= 0.6 is 11.8 Å². The van der Waals surface area contributed by atoms with Crippen molar-refractivity contribution in [1.82, 2.24) is 0 Å². The lowest BCUT2D eigenvalue weighted by Gasteiger charge is -2.10. The van der Waals surface area contributed by atoms with Crippen LogP contribution in [0.2, 0.25) is 0 Å². The maximum atomic E-state index is 12.3. The zero-order valence-electron chi connectivity index (χ0n) is 14.7. The fourth-order valence-corrected chi connectivity index (χ4v) is 2.60. The molecule has 0 bridgehead atoms. The fraction of sp³-hybridized carbons (Fsp3) is 0.222. The van der Waals surface area contributed by atoms with E-state index in [9.17, 15) is 22.8 Å². The van der Waals surface area contributed by atoms with Crippen LogP contribution in [0.15, 0.2) is 53.4 Å². The van der Waals surface area contributed by atoms with E-state index in [4.69, 9.17) is 9.47 Å². The van der Waals surface area contributed by atoms with Crippen LogP contribution in [0.25, 0.3) is 0 Å². The molecule has 28 heavy (non-hydrogen) atoms. The van der Waals surface area contributed by atoms with Crippen molar-refractivity contribution in [3.05, 3.63) is 54.1 Å². The zero-order chi connectivity index (χ0) is 20.6. The Hall–Kier alpha value is -2.72. The Bertz CT molecular complexity index is 813. The van der Waals surface area contributed by atoms with E-state index in [1.54, 1.807) is 18.2 Å². The third kappa shape index (κ3) is 7.49. The molecule has 0 radical (unpaired) electrons. The highest BCUT2D eigenvalue weighted by molar-refractivity contribution is 8.00. The highest BCUT2D eigenvalue weighted by Gasteiger charge is 2.29. The van der Waals surface area contributed by atoms with Gasteiger partial charge in [0.25, 0.3) is 5.91 Å².